The minimum atomic E-state index is 0. The molecule has 2 atom stereocenters. The Hall–Kier alpha value is -0.780. The van der Waals surface area contributed by atoms with E-state index in [0.29, 0.717) is 6.54 Å². The summed E-state index contributed by atoms with van der Waals surface area (Å²) in [4.78, 5) is 18.9. The van der Waals surface area contributed by atoms with E-state index in [1.165, 1.54) is 0 Å². The van der Waals surface area contributed by atoms with Crippen molar-refractivity contribution in [2.45, 2.75) is 31.7 Å². The van der Waals surface area contributed by atoms with Crippen LogP contribution in [0.2, 0.25) is 0 Å². The van der Waals surface area contributed by atoms with Crippen LogP contribution in [0, 0.1) is 5.92 Å². The second-order valence-corrected chi connectivity index (χ2v) is 4.28. The van der Waals surface area contributed by atoms with Gasteiger partial charge in [0, 0.05) is 31.4 Å². The van der Waals surface area contributed by atoms with E-state index < -0.39 is 0 Å². The van der Waals surface area contributed by atoms with E-state index in [2.05, 4.69) is 15.3 Å². The summed E-state index contributed by atoms with van der Waals surface area (Å²) in [5, 5.41) is 2.91. The minimum absolute atomic E-state index is 0. The minimum Gasteiger partial charge on any atom is -0.355 e. The van der Waals surface area contributed by atoms with Gasteiger partial charge in [-0.25, -0.2) is 4.98 Å². The lowest BCUT2D eigenvalue weighted by Crippen LogP contribution is -2.39. The number of nitrogens with one attached hydrogen (secondary N) is 2. The lowest BCUT2D eigenvalue weighted by molar-refractivity contribution is -0.125. The number of imidazole rings is 1. The van der Waals surface area contributed by atoms with Crippen molar-refractivity contribution in [3.63, 3.8) is 0 Å². The summed E-state index contributed by atoms with van der Waals surface area (Å²) < 4.78 is 0. The molecule has 0 saturated heterocycles. The molecular weight excluding hydrogens is 275 g/mol. The zero-order valence-corrected chi connectivity index (χ0v) is 11.7. The molecule has 1 aromatic heterocycles. The molecule has 4 N–H and O–H groups in total. The largest absolute Gasteiger partial charge is 0.355 e. The molecule has 5 nitrogen and oxygen atoms in total. The maximum atomic E-state index is 11.8. The standard InChI is InChI=1S/C11H18N4O.2ClH/c12-9-3-1-2-8(9)11(16)15-5-4-10-13-6-7-14-10;;/h6-9H,1-5,12H2,(H,13,14)(H,15,16);2*1H. The first-order chi connectivity index (χ1) is 7.77. The van der Waals surface area contributed by atoms with E-state index in [1.807, 2.05) is 0 Å². The molecule has 104 valence electrons. The van der Waals surface area contributed by atoms with Crippen LogP contribution in [0.5, 0.6) is 0 Å². The van der Waals surface area contributed by atoms with Gasteiger partial charge in [-0.3, -0.25) is 4.79 Å². The summed E-state index contributed by atoms with van der Waals surface area (Å²) in [5.74, 6) is 1.00. The van der Waals surface area contributed by atoms with Crippen LogP contribution in [-0.2, 0) is 11.2 Å². The van der Waals surface area contributed by atoms with E-state index in [4.69, 9.17) is 5.73 Å². The highest BCUT2D eigenvalue weighted by Crippen LogP contribution is 2.23. The molecule has 2 unspecified atom stereocenters. The van der Waals surface area contributed by atoms with Gasteiger partial charge in [0.05, 0.1) is 5.92 Å². The van der Waals surface area contributed by atoms with Gasteiger partial charge in [0.25, 0.3) is 0 Å². The molecule has 1 saturated carbocycles. The number of halogens is 2. The average Bonchev–Trinajstić information content (AvgIpc) is 2.88. The molecule has 1 aromatic rings. The average molecular weight is 295 g/mol. The number of nitrogens with two attached hydrogens (primary N) is 1. The van der Waals surface area contributed by atoms with Gasteiger partial charge in [0.1, 0.15) is 5.82 Å². The lowest BCUT2D eigenvalue weighted by atomic mass is 10.0. The van der Waals surface area contributed by atoms with Gasteiger partial charge in [0.15, 0.2) is 0 Å². The van der Waals surface area contributed by atoms with Crippen LogP contribution in [0.15, 0.2) is 12.4 Å². The second-order valence-electron chi connectivity index (χ2n) is 4.28. The SMILES string of the molecule is Cl.Cl.NC1CCCC1C(=O)NCCc1ncc[nH]1. The number of nitrogens with zero attached hydrogens (tertiary/aromatic N) is 1. The van der Waals surface area contributed by atoms with Crippen LogP contribution in [0.25, 0.3) is 0 Å². The number of hydrogen-bond donors (Lipinski definition) is 3. The molecule has 0 aliphatic heterocycles. The van der Waals surface area contributed by atoms with E-state index in [0.717, 1.165) is 31.5 Å². The Bertz CT molecular complexity index is 345. The van der Waals surface area contributed by atoms with Gasteiger partial charge in [-0.2, -0.15) is 0 Å². The van der Waals surface area contributed by atoms with Gasteiger partial charge in [0.2, 0.25) is 5.91 Å². The molecule has 1 aliphatic rings. The Morgan fingerprint density at radius 1 is 1.50 bits per heavy atom. The summed E-state index contributed by atoms with van der Waals surface area (Å²) in [6, 6.07) is 0.0450. The van der Waals surface area contributed by atoms with Crippen molar-refractivity contribution in [3.05, 3.63) is 18.2 Å². The molecule has 0 bridgehead atoms. The van der Waals surface area contributed by atoms with Crippen molar-refractivity contribution in [2.75, 3.05) is 6.54 Å². The third-order valence-corrected chi connectivity index (χ3v) is 3.12. The first kappa shape index (κ1) is 17.2. The first-order valence-corrected chi connectivity index (χ1v) is 5.79. The maximum Gasteiger partial charge on any atom is 0.224 e. The molecule has 2 rings (SSSR count). The summed E-state index contributed by atoms with van der Waals surface area (Å²) in [5.41, 5.74) is 5.87. The number of rotatable bonds is 4. The van der Waals surface area contributed by atoms with Gasteiger partial charge >= 0.3 is 0 Å². The van der Waals surface area contributed by atoms with Crippen LogP contribution in [-0.4, -0.2) is 28.5 Å². The molecule has 0 aromatic carbocycles. The maximum absolute atomic E-state index is 11.8. The van der Waals surface area contributed by atoms with E-state index in [1.54, 1.807) is 12.4 Å². The van der Waals surface area contributed by atoms with Gasteiger partial charge in [-0.1, -0.05) is 6.42 Å². The van der Waals surface area contributed by atoms with Crippen molar-refractivity contribution in [1.29, 1.82) is 0 Å². The van der Waals surface area contributed by atoms with Gasteiger partial charge < -0.3 is 16.0 Å². The predicted molar refractivity (Wildman–Crippen MR) is 75.1 cm³/mol. The van der Waals surface area contributed by atoms with Crippen molar-refractivity contribution in [2.24, 2.45) is 11.7 Å². The zero-order chi connectivity index (χ0) is 11.4. The molecule has 1 amide bonds. The molecule has 1 aliphatic carbocycles. The third-order valence-electron chi connectivity index (χ3n) is 3.12. The summed E-state index contributed by atoms with van der Waals surface area (Å²) in [6.45, 7) is 0.621. The normalized spacial score (nSPS) is 21.8. The molecular formula is C11H20Cl2N4O. The number of amides is 1. The van der Waals surface area contributed by atoms with Crippen LogP contribution in [0.3, 0.4) is 0 Å². The fourth-order valence-corrected chi connectivity index (χ4v) is 2.18. The smallest absolute Gasteiger partial charge is 0.224 e. The van der Waals surface area contributed by atoms with Gasteiger partial charge in [-0.15, -0.1) is 24.8 Å². The lowest BCUT2D eigenvalue weighted by Gasteiger charge is -2.14. The van der Waals surface area contributed by atoms with Gasteiger partial charge in [-0.05, 0) is 12.8 Å². The summed E-state index contributed by atoms with van der Waals surface area (Å²) in [7, 11) is 0. The van der Waals surface area contributed by atoms with Crippen LogP contribution < -0.4 is 11.1 Å². The first-order valence-electron chi connectivity index (χ1n) is 5.79. The number of aromatic nitrogens is 2. The third kappa shape index (κ3) is 4.48. The molecule has 0 spiro atoms. The number of carbonyl (C=O) groups is 1. The van der Waals surface area contributed by atoms with Crippen molar-refractivity contribution < 1.29 is 4.79 Å². The number of hydrogen-bond acceptors (Lipinski definition) is 3. The Morgan fingerprint density at radius 2 is 2.28 bits per heavy atom. The highest BCUT2D eigenvalue weighted by Gasteiger charge is 2.29. The molecule has 1 heterocycles. The van der Waals surface area contributed by atoms with E-state index >= 15 is 0 Å². The van der Waals surface area contributed by atoms with Crippen molar-refractivity contribution in [1.82, 2.24) is 15.3 Å². The van der Waals surface area contributed by atoms with Crippen LogP contribution >= 0.6 is 24.8 Å². The summed E-state index contributed by atoms with van der Waals surface area (Å²) in [6.07, 6.45) is 7.19. The Morgan fingerprint density at radius 3 is 2.83 bits per heavy atom. The van der Waals surface area contributed by atoms with Crippen LogP contribution in [0.4, 0.5) is 0 Å². The molecule has 18 heavy (non-hydrogen) atoms. The van der Waals surface area contributed by atoms with E-state index in [-0.39, 0.29) is 42.7 Å². The van der Waals surface area contributed by atoms with Crippen molar-refractivity contribution in [3.8, 4) is 0 Å². The molecule has 1 fully saturated rings. The Kier molecular flexibility index (Phi) is 7.98. The number of aromatic amines is 1. The summed E-state index contributed by atoms with van der Waals surface area (Å²) >= 11 is 0. The highest BCUT2D eigenvalue weighted by molar-refractivity contribution is 5.85. The van der Waals surface area contributed by atoms with Crippen molar-refractivity contribution >= 4 is 30.7 Å². The Balaban J connectivity index is 0.00000144. The monoisotopic (exact) mass is 294 g/mol. The highest BCUT2D eigenvalue weighted by atomic mass is 35.5. The second kappa shape index (κ2) is 8.34. The fraction of sp³-hybridized carbons (Fsp3) is 0.636. The zero-order valence-electron chi connectivity index (χ0n) is 10.1. The number of H-pyrrole nitrogens is 1. The molecule has 7 heteroatoms. The topological polar surface area (TPSA) is 83.8 Å². The quantitative estimate of drug-likeness (QED) is 0.776. The molecule has 0 radical (unpaired) electrons. The number of carbonyl (C=O) groups excluding carboxylic acids is 1. The Labute approximate surface area is 119 Å². The van der Waals surface area contributed by atoms with Crippen LogP contribution in [0.1, 0.15) is 25.1 Å². The fourth-order valence-electron chi connectivity index (χ4n) is 2.18. The predicted octanol–water partition coefficient (Wildman–Crippen LogP) is 1.04. The van der Waals surface area contributed by atoms with E-state index in [9.17, 15) is 4.79 Å².